The molecule has 4 nitrogen and oxygen atoms in total. The van der Waals surface area contributed by atoms with Gasteiger partial charge in [-0.3, -0.25) is 0 Å². The van der Waals surface area contributed by atoms with Crippen LogP contribution in [0.3, 0.4) is 0 Å². The number of aryl methyl sites for hydroxylation is 2. The summed E-state index contributed by atoms with van der Waals surface area (Å²) in [6, 6.07) is 8.77. The molecule has 1 unspecified atom stereocenters. The number of benzene rings is 1. The molecule has 0 aliphatic heterocycles. The Morgan fingerprint density at radius 1 is 1.33 bits per heavy atom. The van der Waals surface area contributed by atoms with E-state index in [4.69, 9.17) is 0 Å². The van der Waals surface area contributed by atoms with Crippen LogP contribution in [-0.4, -0.2) is 14.8 Å². The summed E-state index contributed by atoms with van der Waals surface area (Å²) >= 11 is 0. The lowest BCUT2D eigenvalue weighted by molar-refractivity contribution is 0.522. The van der Waals surface area contributed by atoms with Gasteiger partial charge in [0, 0.05) is 12.6 Å². The number of hydrogen-bond acceptors (Lipinski definition) is 3. The average Bonchev–Trinajstić information content (AvgIpc) is 2.84. The molecule has 96 valence electrons. The topological polar surface area (TPSA) is 42.7 Å². The quantitative estimate of drug-likeness (QED) is 0.878. The highest BCUT2D eigenvalue weighted by Gasteiger charge is 2.09. The van der Waals surface area contributed by atoms with Gasteiger partial charge in [-0.1, -0.05) is 24.3 Å². The Morgan fingerprint density at radius 2 is 2.11 bits per heavy atom. The minimum Gasteiger partial charge on any atom is -0.303 e. The van der Waals surface area contributed by atoms with E-state index in [1.54, 1.807) is 6.33 Å². The maximum Gasteiger partial charge on any atom is 0.140 e. The fraction of sp³-hybridized carbons (Fsp3) is 0.429. The molecule has 2 aromatic rings. The van der Waals surface area contributed by atoms with E-state index >= 15 is 0 Å². The summed E-state index contributed by atoms with van der Waals surface area (Å²) in [5.41, 5.74) is 2.65. The van der Waals surface area contributed by atoms with Crippen molar-refractivity contribution in [3.8, 4) is 0 Å². The van der Waals surface area contributed by atoms with Crippen molar-refractivity contribution in [2.45, 2.75) is 39.9 Å². The SMILES string of the molecule is CCn1ncnc1CNC(C)c1ccccc1C. The highest BCUT2D eigenvalue weighted by molar-refractivity contribution is 5.28. The van der Waals surface area contributed by atoms with Crippen LogP contribution in [0, 0.1) is 6.92 Å². The van der Waals surface area contributed by atoms with Crippen molar-refractivity contribution < 1.29 is 0 Å². The van der Waals surface area contributed by atoms with Crippen LogP contribution < -0.4 is 5.32 Å². The molecule has 0 aliphatic rings. The van der Waals surface area contributed by atoms with Crippen molar-refractivity contribution in [3.05, 3.63) is 47.5 Å². The Labute approximate surface area is 108 Å². The zero-order valence-corrected chi connectivity index (χ0v) is 11.2. The summed E-state index contributed by atoms with van der Waals surface area (Å²) in [6.45, 7) is 7.99. The monoisotopic (exact) mass is 244 g/mol. The van der Waals surface area contributed by atoms with Crippen LogP contribution in [-0.2, 0) is 13.1 Å². The Hall–Kier alpha value is -1.68. The lowest BCUT2D eigenvalue weighted by atomic mass is 10.0. The van der Waals surface area contributed by atoms with E-state index < -0.39 is 0 Å². The molecular formula is C14H20N4. The van der Waals surface area contributed by atoms with E-state index in [9.17, 15) is 0 Å². The van der Waals surface area contributed by atoms with Crippen molar-refractivity contribution in [1.29, 1.82) is 0 Å². The van der Waals surface area contributed by atoms with Gasteiger partial charge in [-0.05, 0) is 31.9 Å². The summed E-state index contributed by atoms with van der Waals surface area (Å²) < 4.78 is 1.91. The van der Waals surface area contributed by atoms with Crippen molar-refractivity contribution in [2.75, 3.05) is 0 Å². The zero-order chi connectivity index (χ0) is 13.0. The molecule has 0 spiro atoms. The van der Waals surface area contributed by atoms with E-state index in [1.807, 2.05) is 4.68 Å². The Bertz CT molecular complexity index is 504. The van der Waals surface area contributed by atoms with Crippen molar-refractivity contribution in [2.24, 2.45) is 0 Å². The molecule has 1 atom stereocenters. The van der Waals surface area contributed by atoms with Crippen molar-refractivity contribution in [1.82, 2.24) is 20.1 Å². The molecule has 18 heavy (non-hydrogen) atoms. The molecule has 1 heterocycles. The van der Waals surface area contributed by atoms with Gasteiger partial charge in [0.15, 0.2) is 0 Å². The normalized spacial score (nSPS) is 12.6. The molecule has 2 rings (SSSR count). The summed E-state index contributed by atoms with van der Waals surface area (Å²) in [5, 5.41) is 7.66. The van der Waals surface area contributed by atoms with Gasteiger partial charge in [0.2, 0.25) is 0 Å². The number of rotatable bonds is 5. The fourth-order valence-electron chi connectivity index (χ4n) is 2.12. The molecule has 0 fully saturated rings. The highest BCUT2D eigenvalue weighted by atomic mass is 15.3. The maximum absolute atomic E-state index is 4.26. The highest BCUT2D eigenvalue weighted by Crippen LogP contribution is 2.16. The molecule has 0 aliphatic carbocycles. The van der Waals surface area contributed by atoms with Gasteiger partial charge in [-0.15, -0.1) is 0 Å². The van der Waals surface area contributed by atoms with Crippen molar-refractivity contribution in [3.63, 3.8) is 0 Å². The minimum absolute atomic E-state index is 0.313. The van der Waals surface area contributed by atoms with Gasteiger partial charge < -0.3 is 5.32 Å². The van der Waals surface area contributed by atoms with Gasteiger partial charge >= 0.3 is 0 Å². The molecule has 1 aromatic heterocycles. The van der Waals surface area contributed by atoms with E-state index in [0.29, 0.717) is 6.04 Å². The van der Waals surface area contributed by atoms with Crippen LogP contribution in [0.5, 0.6) is 0 Å². The standard InChI is InChI=1S/C14H20N4/c1-4-18-14(16-10-17-18)9-15-12(3)13-8-6-5-7-11(13)2/h5-8,10,12,15H,4,9H2,1-3H3. The first kappa shape index (κ1) is 12.8. The molecule has 0 amide bonds. The number of aromatic nitrogens is 3. The van der Waals surface area contributed by atoms with Crippen LogP contribution >= 0.6 is 0 Å². The molecule has 1 aromatic carbocycles. The number of nitrogens with one attached hydrogen (secondary N) is 1. The second-order valence-corrected chi connectivity index (χ2v) is 4.45. The minimum atomic E-state index is 0.313. The molecule has 0 bridgehead atoms. The number of hydrogen-bond donors (Lipinski definition) is 1. The van der Waals surface area contributed by atoms with Crippen LogP contribution in [0.2, 0.25) is 0 Å². The van der Waals surface area contributed by atoms with Crippen LogP contribution in [0.1, 0.15) is 36.8 Å². The Kier molecular flexibility index (Phi) is 4.10. The summed E-state index contributed by atoms with van der Waals surface area (Å²) in [4.78, 5) is 4.26. The smallest absolute Gasteiger partial charge is 0.140 e. The Balaban J connectivity index is 2.01. The zero-order valence-electron chi connectivity index (χ0n) is 11.2. The van der Waals surface area contributed by atoms with E-state index in [1.165, 1.54) is 11.1 Å². The average molecular weight is 244 g/mol. The van der Waals surface area contributed by atoms with Gasteiger partial charge in [-0.25, -0.2) is 9.67 Å². The largest absolute Gasteiger partial charge is 0.303 e. The van der Waals surface area contributed by atoms with E-state index in [2.05, 4.69) is 60.4 Å². The molecular weight excluding hydrogens is 224 g/mol. The predicted octanol–water partition coefficient (Wildman–Crippen LogP) is 2.46. The van der Waals surface area contributed by atoms with E-state index in [0.717, 1.165) is 18.9 Å². The van der Waals surface area contributed by atoms with Gasteiger partial charge in [0.1, 0.15) is 12.2 Å². The molecule has 0 radical (unpaired) electrons. The van der Waals surface area contributed by atoms with E-state index in [-0.39, 0.29) is 0 Å². The summed E-state index contributed by atoms with van der Waals surface area (Å²) in [5.74, 6) is 0.984. The molecule has 0 saturated carbocycles. The number of nitrogens with zero attached hydrogens (tertiary/aromatic N) is 3. The Morgan fingerprint density at radius 3 is 2.83 bits per heavy atom. The first-order valence-corrected chi connectivity index (χ1v) is 6.38. The van der Waals surface area contributed by atoms with Gasteiger partial charge in [0.25, 0.3) is 0 Å². The molecule has 4 heteroatoms. The molecule has 1 N–H and O–H groups in total. The lowest BCUT2D eigenvalue weighted by Crippen LogP contribution is -2.21. The summed E-state index contributed by atoms with van der Waals surface area (Å²) in [6.07, 6.45) is 1.61. The van der Waals surface area contributed by atoms with Crippen LogP contribution in [0.25, 0.3) is 0 Å². The van der Waals surface area contributed by atoms with Crippen molar-refractivity contribution >= 4 is 0 Å². The summed E-state index contributed by atoms with van der Waals surface area (Å²) in [7, 11) is 0. The first-order chi connectivity index (χ1) is 8.72. The second-order valence-electron chi connectivity index (χ2n) is 4.45. The van der Waals surface area contributed by atoms with Gasteiger partial charge in [-0.2, -0.15) is 5.10 Å². The first-order valence-electron chi connectivity index (χ1n) is 6.38. The third-order valence-electron chi connectivity index (χ3n) is 3.22. The lowest BCUT2D eigenvalue weighted by Gasteiger charge is -2.16. The van der Waals surface area contributed by atoms with Crippen LogP contribution in [0.4, 0.5) is 0 Å². The van der Waals surface area contributed by atoms with Gasteiger partial charge in [0.05, 0.1) is 6.54 Å². The van der Waals surface area contributed by atoms with Crippen LogP contribution in [0.15, 0.2) is 30.6 Å². The molecule has 0 saturated heterocycles. The third kappa shape index (κ3) is 2.76. The predicted molar refractivity (Wildman–Crippen MR) is 72.1 cm³/mol. The third-order valence-corrected chi connectivity index (χ3v) is 3.22. The second kappa shape index (κ2) is 5.78. The fourth-order valence-corrected chi connectivity index (χ4v) is 2.12. The maximum atomic E-state index is 4.26.